The standard InChI is InChI=1S/C24H19N3O2S/c1-2-16-29-20-13-7-6-10-18(20)17-21-23(28)27(19-11-4-3-5-12-19)24(30-21)26-22-14-8-9-15-25-22/h2-15,17H,1,16H2/b21-17-,26-24+. The van der Waals surface area contributed by atoms with Gasteiger partial charge >= 0.3 is 0 Å². The summed E-state index contributed by atoms with van der Waals surface area (Å²) in [7, 11) is 0. The van der Waals surface area contributed by atoms with E-state index in [1.165, 1.54) is 11.8 Å². The van der Waals surface area contributed by atoms with Crippen LogP contribution in [0.15, 0.2) is 102 Å². The van der Waals surface area contributed by atoms with Crippen LogP contribution in [-0.4, -0.2) is 22.7 Å². The maximum absolute atomic E-state index is 13.3. The van der Waals surface area contributed by atoms with Crippen molar-refractivity contribution in [2.75, 3.05) is 11.5 Å². The van der Waals surface area contributed by atoms with Crippen molar-refractivity contribution in [2.24, 2.45) is 4.99 Å². The molecule has 3 aromatic rings. The van der Waals surface area contributed by atoms with Crippen LogP contribution in [0, 0.1) is 0 Å². The third kappa shape index (κ3) is 4.34. The minimum Gasteiger partial charge on any atom is -0.489 e. The largest absolute Gasteiger partial charge is 0.489 e. The summed E-state index contributed by atoms with van der Waals surface area (Å²) in [5.41, 5.74) is 1.58. The van der Waals surface area contributed by atoms with Gasteiger partial charge in [-0.1, -0.05) is 55.1 Å². The van der Waals surface area contributed by atoms with Crippen molar-refractivity contribution in [3.63, 3.8) is 0 Å². The maximum atomic E-state index is 13.3. The van der Waals surface area contributed by atoms with Crippen molar-refractivity contribution in [1.29, 1.82) is 0 Å². The van der Waals surface area contributed by atoms with Crippen LogP contribution in [0.5, 0.6) is 5.75 Å². The van der Waals surface area contributed by atoms with Crippen LogP contribution in [0.25, 0.3) is 6.08 Å². The Morgan fingerprint density at radius 3 is 2.57 bits per heavy atom. The van der Waals surface area contributed by atoms with E-state index >= 15 is 0 Å². The summed E-state index contributed by atoms with van der Waals surface area (Å²) in [6.45, 7) is 4.08. The molecule has 0 saturated carbocycles. The number of nitrogens with zero attached hydrogens (tertiary/aromatic N) is 3. The number of hydrogen-bond acceptors (Lipinski definition) is 5. The van der Waals surface area contributed by atoms with Crippen LogP contribution in [0.1, 0.15) is 5.56 Å². The second kappa shape index (κ2) is 9.24. The molecular formula is C24H19N3O2S. The molecule has 0 atom stereocenters. The van der Waals surface area contributed by atoms with Gasteiger partial charge in [-0.15, -0.1) is 0 Å². The molecule has 1 saturated heterocycles. The van der Waals surface area contributed by atoms with Crippen molar-refractivity contribution < 1.29 is 9.53 Å². The Labute approximate surface area is 179 Å². The zero-order valence-electron chi connectivity index (χ0n) is 16.1. The lowest BCUT2D eigenvalue weighted by Crippen LogP contribution is -2.28. The molecule has 0 bridgehead atoms. The highest BCUT2D eigenvalue weighted by Crippen LogP contribution is 2.38. The van der Waals surface area contributed by atoms with Gasteiger partial charge in [0.2, 0.25) is 0 Å². The molecule has 2 aromatic carbocycles. The molecule has 0 radical (unpaired) electrons. The molecular weight excluding hydrogens is 394 g/mol. The molecule has 0 aliphatic carbocycles. The van der Waals surface area contributed by atoms with Crippen LogP contribution >= 0.6 is 11.8 Å². The van der Waals surface area contributed by atoms with Gasteiger partial charge in [0.15, 0.2) is 11.0 Å². The fourth-order valence-corrected chi connectivity index (χ4v) is 3.87. The molecule has 1 aromatic heterocycles. The lowest BCUT2D eigenvalue weighted by molar-refractivity contribution is -0.113. The number of anilines is 1. The molecule has 30 heavy (non-hydrogen) atoms. The second-order valence-corrected chi connectivity index (χ2v) is 7.32. The number of rotatable bonds is 6. The average Bonchev–Trinajstić information content (AvgIpc) is 3.09. The Hall–Kier alpha value is -3.64. The van der Waals surface area contributed by atoms with Gasteiger partial charge < -0.3 is 4.74 Å². The number of benzene rings is 2. The average molecular weight is 414 g/mol. The number of pyridine rings is 1. The molecule has 1 aliphatic heterocycles. The third-order valence-corrected chi connectivity index (χ3v) is 5.21. The van der Waals surface area contributed by atoms with Crippen molar-refractivity contribution in [3.8, 4) is 5.75 Å². The zero-order chi connectivity index (χ0) is 20.8. The highest BCUT2D eigenvalue weighted by molar-refractivity contribution is 8.19. The molecule has 5 nitrogen and oxygen atoms in total. The predicted octanol–water partition coefficient (Wildman–Crippen LogP) is 5.46. The summed E-state index contributed by atoms with van der Waals surface area (Å²) in [4.78, 5) is 24.4. The SMILES string of the molecule is C=CCOc1ccccc1/C=C1\S/C(=N/c2ccccn2)N(c2ccccc2)C1=O. The van der Waals surface area contributed by atoms with Crippen LogP contribution in [0.2, 0.25) is 0 Å². The Morgan fingerprint density at radius 1 is 1.03 bits per heavy atom. The Bertz CT molecular complexity index is 1110. The van der Waals surface area contributed by atoms with E-state index in [4.69, 9.17) is 4.74 Å². The van der Waals surface area contributed by atoms with E-state index in [1.807, 2.05) is 72.8 Å². The molecule has 0 N–H and O–H groups in total. The van der Waals surface area contributed by atoms with E-state index in [0.717, 1.165) is 11.3 Å². The van der Waals surface area contributed by atoms with E-state index in [0.29, 0.717) is 28.2 Å². The monoisotopic (exact) mass is 413 g/mol. The lowest BCUT2D eigenvalue weighted by atomic mass is 10.2. The maximum Gasteiger partial charge on any atom is 0.271 e. The minimum atomic E-state index is -0.139. The number of carbonyl (C=O) groups is 1. The van der Waals surface area contributed by atoms with E-state index in [1.54, 1.807) is 23.2 Å². The summed E-state index contributed by atoms with van der Waals surface area (Å²) in [5.74, 6) is 1.10. The van der Waals surface area contributed by atoms with Gasteiger partial charge in [-0.25, -0.2) is 9.98 Å². The van der Waals surface area contributed by atoms with E-state index in [2.05, 4.69) is 16.6 Å². The number of thioether (sulfide) groups is 1. The molecule has 1 amide bonds. The summed E-state index contributed by atoms with van der Waals surface area (Å²) in [5, 5.41) is 0.556. The molecule has 2 heterocycles. The van der Waals surface area contributed by atoms with Gasteiger partial charge in [0.25, 0.3) is 5.91 Å². The molecule has 1 fully saturated rings. The topological polar surface area (TPSA) is 54.8 Å². The van der Waals surface area contributed by atoms with E-state index in [-0.39, 0.29) is 5.91 Å². The third-order valence-electron chi connectivity index (χ3n) is 4.24. The number of amidine groups is 1. The number of hydrogen-bond donors (Lipinski definition) is 0. The van der Waals surface area contributed by atoms with Gasteiger partial charge in [-0.2, -0.15) is 0 Å². The molecule has 6 heteroatoms. The van der Waals surface area contributed by atoms with Crippen LogP contribution in [-0.2, 0) is 4.79 Å². The number of aromatic nitrogens is 1. The number of carbonyl (C=O) groups excluding carboxylic acids is 1. The van der Waals surface area contributed by atoms with E-state index in [9.17, 15) is 4.79 Å². The van der Waals surface area contributed by atoms with Crippen molar-refractivity contribution in [1.82, 2.24) is 4.98 Å². The first-order valence-corrected chi connectivity index (χ1v) is 10.2. The van der Waals surface area contributed by atoms with Crippen LogP contribution in [0.4, 0.5) is 11.5 Å². The Morgan fingerprint density at radius 2 is 1.80 bits per heavy atom. The number of para-hydroxylation sites is 2. The quantitative estimate of drug-likeness (QED) is 0.398. The zero-order valence-corrected chi connectivity index (χ0v) is 17.0. The smallest absolute Gasteiger partial charge is 0.271 e. The summed E-state index contributed by atoms with van der Waals surface area (Å²) in [6.07, 6.45) is 5.20. The minimum absolute atomic E-state index is 0.139. The molecule has 1 aliphatic rings. The fraction of sp³-hybridized carbons (Fsp3) is 0.0417. The Balaban J connectivity index is 1.75. The first-order chi connectivity index (χ1) is 14.8. The first-order valence-electron chi connectivity index (χ1n) is 9.38. The highest BCUT2D eigenvalue weighted by Gasteiger charge is 2.35. The van der Waals surface area contributed by atoms with E-state index < -0.39 is 0 Å². The van der Waals surface area contributed by atoms with Crippen LogP contribution in [0.3, 0.4) is 0 Å². The molecule has 0 unspecified atom stereocenters. The van der Waals surface area contributed by atoms with Gasteiger partial charge in [0.05, 0.1) is 10.6 Å². The van der Waals surface area contributed by atoms with Gasteiger partial charge in [-0.05, 0) is 48.2 Å². The lowest BCUT2D eigenvalue weighted by Gasteiger charge is -2.15. The van der Waals surface area contributed by atoms with Gasteiger partial charge in [-0.3, -0.25) is 9.69 Å². The summed E-state index contributed by atoms with van der Waals surface area (Å²) in [6, 6.07) is 22.6. The summed E-state index contributed by atoms with van der Waals surface area (Å²) < 4.78 is 5.73. The Kier molecular flexibility index (Phi) is 6.06. The van der Waals surface area contributed by atoms with Crippen molar-refractivity contribution in [3.05, 3.63) is 102 Å². The van der Waals surface area contributed by atoms with Gasteiger partial charge in [0, 0.05) is 11.8 Å². The predicted molar refractivity (Wildman–Crippen MR) is 123 cm³/mol. The molecule has 0 spiro atoms. The van der Waals surface area contributed by atoms with Crippen LogP contribution < -0.4 is 9.64 Å². The fourth-order valence-electron chi connectivity index (χ4n) is 2.89. The second-order valence-electron chi connectivity index (χ2n) is 6.31. The summed E-state index contributed by atoms with van der Waals surface area (Å²) >= 11 is 1.32. The normalized spacial score (nSPS) is 16.3. The highest BCUT2D eigenvalue weighted by atomic mass is 32.2. The van der Waals surface area contributed by atoms with Crippen molar-refractivity contribution >= 4 is 40.4 Å². The number of ether oxygens (including phenoxy) is 1. The molecule has 4 rings (SSSR count). The molecule has 148 valence electrons. The van der Waals surface area contributed by atoms with Crippen molar-refractivity contribution in [2.45, 2.75) is 0 Å². The number of aliphatic imine (C=N–C) groups is 1. The number of amides is 1. The first kappa shape index (κ1) is 19.7. The van der Waals surface area contributed by atoms with Gasteiger partial charge in [0.1, 0.15) is 12.4 Å².